The number of hydrogen-bond donors (Lipinski definition) is 1. The quantitative estimate of drug-likeness (QED) is 0.771. The van der Waals surface area contributed by atoms with Crippen molar-refractivity contribution in [1.29, 1.82) is 0 Å². The van der Waals surface area contributed by atoms with Crippen molar-refractivity contribution in [3.05, 3.63) is 35.9 Å². The maximum Gasteiger partial charge on any atom is 0.0332 e. The molecule has 0 aliphatic heterocycles. The van der Waals surface area contributed by atoms with Gasteiger partial charge in [0.15, 0.2) is 0 Å². The van der Waals surface area contributed by atoms with Crippen LogP contribution in [-0.2, 0) is 0 Å². The van der Waals surface area contributed by atoms with Crippen molar-refractivity contribution in [3.63, 3.8) is 0 Å². The molecule has 1 fully saturated rings. The third kappa shape index (κ3) is 4.63. The number of benzene rings is 1. The summed E-state index contributed by atoms with van der Waals surface area (Å²) in [5.41, 5.74) is 1.41. The Morgan fingerprint density at radius 3 is 2.58 bits per heavy atom. The summed E-state index contributed by atoms with van der Waals surface area (Å²) in [5, 5.41) is 3.61. The van der Waals surface area contributed by atoms with Gasteiger partial charge < -0.3 is 10.2 Å². The van der Waals surface area contributed by atoms with E-state index in [1.54, 1.807) is 0 Å². The van der Waals surface area contributed by atoms with Gasteiger partial charge in [0.2, 0.25) is 0 Å². The van der Waals surface area contributed by atoms with Gasteiger partial charge in [0.05, 0.1) is 0 Å². The smallest absolute Gasteiger partial charge is 0.0332 e. The molecule has 0 radical (unpaired) electrons. The molecular weight excluding hydrogens is 232 g/mol. The lowest BCUT2D eigenvalue weighted by Gasteiger charge is -2.22. The van der Waals surface area contributed by atoms with Crippen LogP contribution in [0.5, 0.6) is 0 Å². The number of nitrogens with zero attached hydrogens (tertiary/aromatic N) is 1. The minimum atomic E-state index is 0.491. The first-order valence-electron chi connectivity index (χ1n) is 7.67. The molecule has 106 valence electrons. The number of rotatable bonds is 8. The Kier molecular flexibility index (Phi) is 5.41. The average Bonchev–Trinajstić information content (AvgIpc) is 3.11. The highest BCUT2D eigenvalue weighted by molar-refractivity contribution is 5.18. The zero-order valence-electron chi connectivity index (χ0n) is 12.6. The molecule has 0 saturated heterocycles. The molecule has 2 nitrogen and oxygen atoms in total. The van der Waals surface area contributed by atoms with Crippen LogP contribution in [0.25, 0.3) is 0 Å². The van der Waals surface area contributed by atoms with Gasteiger partial charge in [0.25, 0.3) is 0 Å². The molecule has 1 aromatic rings. The van der Waals surface area contributed by atoms with Gasteiger partial charge in [-0.05, 0) is 50.4 Å². The molecule has 0 heterocycles. The molecular formula is C17H28N2. The molecule has 2 rings (SSSR count). The maximum absolute atomic E-state index is 3.61. The lowest BCUT2D eigenvalue weighted by atomic mass is 10.0. The Hall–Kier alpha value is -0.860. The van der Waals surface area contributed by atoms with Crippen molar-refractivity contribution in [3.8, 4) is 0 Å². The van der Waals surface area contributed by atoms with Crippen LogP contribution < -0.4 is 5.32 Å². The summed E-state index contributed by atoms with van der Waals surface area (Å²) in [5.74, 6) is 1.92. The number of nitrogens with one attached hydrogen (secondary N) is 1. The molecule has 1 N–H and O–H groups in total. The lowest BCUT2D eigenvalue weighted by molar-refractivity contribution is 0.293. The van der Waals surface area contributed by atoms with E-state index in [4.69, 9.17) is 0 Å². The van der Waals surface area contributed by atoms with Gasteiger partial charge >= 0.3 is 0 Å². The van der Waals surface area contributed by atoms with E-state index in [1.165, 1.54) is 31.5 Å². The fraction of sp³-hybridized carbons (Fsp3) is 0.647. The van der Waals surface area contributed by atoms with Crippen molar-refractivity contribution >= 4 is 0 Å². The monoisotopic (exact) mass is 260 g/mol. The molecule has 1 saturated carbocycles. The third-order valence-corrected chi connectivity index (χ3v) is 4.27. The Bertz CT molecular complexity index is 363. The van der Waals surface area contributed by atoms with Gasteiger partial charge in [-0.15, -0.1) is 0 Å². The number of hydrogen-bond acceptors (Lipinski definition) is 2. The van der Waals surface area contributed by atoms with Crippen LogP contribution in [0.15, 0.2) is 30.3 Å². The van der Waals surface area contributed by atoms with Gasteiger partial charge in [-0.1, -0.05) is 44.2 Å². The summed E-state index contributed by atoms with van der Waals surface area (Å²) in [6.45, 7) is 8.03. The van der Waals surface area contributed by atoms with E-state index in [-0.39, 0.29) is 0 Å². The van der Waals surface area contributed by atoms with Gasteiger partial charge in [0.1, 0.15) is 0 Å². The zero-order valence-corrected chi connectivity index (χ0v) is 12.6. The average molecular weight is 260 g/mol. The summed E-state index contributed by atoms with van der Waals surface area (Å²) in [6, 6.07) is 11.3. The van der Waals surface area contributed by atoms with E-state index in [2.05, 4.69) is 61.4 Å². The van der Waals surface area contributed by atoms with E-state index in [0.717, 1.165) is 18.4 Å². The fourth-order valence-electron chi connectivity index (χ4n) is 2.81. The Morgan fingerprint density at radius 2 is 2.00 bits per heavy atom. The molecule has 1 aromatic carbocycles. The first kappa shape index (κ1) is 14.5. The van der Waals surface area contributed by atoms with E-state index >= 15 is 0 Å². The summed E-state index contributed by atoms with van der Waals surface area (Å²) in [4.78, 5) is 2.50. The second kappa shape index (κ2) is 7.06. The maximum atomic E-state index is 3.61. The predicted molar refractivity (Wildman–Crippen MR) is 82.2 cm³/mol. The molecule has 3 atom stereocenters. The SMILES string of the molecule is CCNC(CCN(C)CC1CC1C)c1ccccc1. The standard InChI is InChI=1S/C17H28N2/c1-4-18-17(15-8-6-5-7-9-15)10-11-19(3)13-16-12-14(16)2/h5-9,14,16-18H,4,10-13H2,1-3H3. The van der Waals surface area contributed by atoms with Crippen molar-refractivity contribution in [2.45, 2.75) is 32.7 Å². The summed E-state index contributed by atoms with van der Waals surface area (Å²) in [7, 11) is 2.26. The van der Waals surface area contributed by atoms with Crippen LogP contribution in [0.1, 0.15) is 38.3 Å². The van der Waals surface area contributed by atoms with Crippen LogP contribution in [0.4, 0.5) is 0 Å². The van der Waals surface area contributed by atoms with Gasteiger partial charge in [-0.2, -0.15) is 0 Å². The van der Waals surface area contributed by atoms with Crippen molar-refractivity contribution in [1.82, 2.24) is 10.2 Å². The van der Waals surface area contributed by atoms with Crippen LogP contribution in [0.2, 0.25) is 0 Å². The van der Waals surface area contributed by atoms with Crippen LogP contribution in [-0.4, -0.2) is 31.6 Å². The largest absolute Gasteiger partial charge is 0.310 e. The first-order chi connectivity index (χ1) is 9.20. The molecule has 0 amide bonds. The Balaban J connectivity index is 1.80. The highest BCUT2D eigenvalue weighted by Gasteiger charge is 2.32. The summed E-state index contributed by atoms with van der Waals surface area (Å²) in [6.07, 6.45) is 2.62. The van der Waals surface area contributed by atoms with Gasteiger partial charge in [-0.3, -0.25) is 0 Å². The van der Waals surface area contributed by atoms with Crippen molar-refractivity contribution in [2.75, 3.05) is 26.7 Å². The molecule has 0 spiro atoms. The normalized spacial score (nSPS) is 23.6. The van der Waals surface area contributed by atoms with E-state index in [1.807, 2.05) is 0 Å². The molecule has 3 unspecified atom stereocenters. The molecule has 19 heavy (non-hydrogen) atoms. The summed E-state index contributed by atoms with van der Waals surface area (Å²) >= 11 is 0. The molecule has 1 aliphatic rings. The predicted octanol–water partition coefficient (Wildman–Crippen LogP) is 3.32. The van der Waals surface area contributed by atoms with E-state index < -0.39 is 0 Å². The van der Waals surface area contributed by atoms with Crippen LogP contribution in [0, 0.1) is 11.8 Å². The topological polar surface area (TPSA) is 15.3 Å². The van der Waals surface area contributed by atoms with E-state index in [0.29, 0.717) is 6.04 Å². The lowest BCUT2D eigenvalue weighted by Crippen LogP contribution is -2.28. The molecule has 2 heteroatoms. The van der Waals surface area contributed by atoms with Crippen LogP contribution >= 0.6 is 0 Å². The first-order valence-corrected chi connectivity index (χ1v) is 7.67. The molecule has 1 aliphatic carbocycles. The van der Waals surface area contributed by atoms with E-state index in [9.17, 15) is 0 Å². The highest BCUT2D eigenvalue weighted by atomic mass is 15.1. The molecule has 0 bridgehead atoms. The third-order valence-electron chi connectivity index (χ3n) is 4.27. The zero-order chi connectivity index (χ0) is 13.7. The Labute approximate surface area is 118 Å². The summed E-state index contributed by atoms with van der Waals surface area (Å²) < 4.78 is 0. The van der Waals surface area contributed by atoms with Crippen molar-refractivity contribution < 1.29 is 0 Å². The minimum absolute atomic E-state index is 0.491. The Morgan fingerprint density at radius 1 is 1.32 bits per heavy atom. The van der Waals surface area contributed by atoms with Gasteiger partial charge in [0, 0.05) is 12.6 Å². The second-order valence-corrected chi connectivity index (χ2v) is 6.04. The second-order valence-electron chi connectivity index (χ2n) is 6.04. The van der Waals surface area contributed by atoms with Crippen molar-refractivity contribution in [2.24, 2.45) is 11.8 Å². The van der Waals surface area contributed by atoms with Gasteiger partial charge in [-0.25, -0.2) is 0 Å². The minimum Gasteiger partial charge on any atom is -0.310 e. The molecule has 0 aromatic heterocycles. The van der Waals surface area contributed by atoms with Crippen LogP contribution in [0.3, 0.4) is 0 Å². The fourth-order valence-corrected chi connectivity index (χ4v) is 2.81. The highest BCUT2D eigenvalue weighted by Crippen LogP contribution is 2.38.